The van der Waals surface area contributed by atoms with Crippen LogP contribution in [0, 0.1) is 20.8 Å². The van der Waals surface area contributed by atoms with Crippen LogP contribution in [0.3, 0.4) is 0 Å². The van der Waals surface area contributed by atoms with Gasteiger partial charge in [-0.1, -0.05) is 42.3 Å². The number of likely N-dealkylation sites (N-methyl/N-ethyl adjacent to an activating group) is 1. The van der Waals surface area contributed by atoms with Crippen molar-refractivity contribution in [2.24, 2.45) is 7.05 Å². The zero-order valence-corrected chi connectivity index (χ0v) is 14.3. The van der Waals surface area contributed by atoms with Gasteiger partial charge >= 0.3 is 0 Å². The molecule has 1 aromatic carbocycles. The van der Waals surface area contributed by atoms with Crippen LogP contribution in [0.15, 0.2) is 18.2 Å². The summed E-state index contributed by atoms with van der Waals surface area (Å²) < 4.78 is 1.75. The van der Waals surface area contributed by atoms with Crippen LogP contribution in [0.1, 0.15) is 40.9 Å². The maximum atomic E-state index is 6.38. The van der Waals surface area contributed by atoms with E-state index >= 15 is 0 Å². The lowest BCUT2D eigenvalue weighted by Crippen LogP contribution is -2.24. The first-order valence-electron chi connectivity index (χ1n) is 7.42. The van der Waals surface area contributed by atoms with Crippen molar-refractivity contribution in [1.29, 1.82) is 0 Å². The van der Waals surface area contributed by atoms with Crippen molar-refractivity contribution >= 4 is 11.6 Å². The van der Waals surface area contributed by atoms with E-state index < -0.39 is 0 Å². The Morgan fingerprint density at radius 2 is 2.00 bits per heavy atom. The third-order valence-electron chi connectivity index (χ3n) is 3.93. The molecule has 0 saturated carbocycles. The molecule has 0 aliphatic carbocycles. The lowest BCUT2D eigenvalue weighted by Gasteiger charge is -2.21. The first-order valence-corrected chi connectivity index (χ1v) is 7.80. The van der Waals surface area contributed by atoms with Crippen LogP contribution in [0.4, 0.5) is 0 Å². The van der Waals surface area contributed by atoms with E-state index in [-0.39, 0.29) is 6.04 Å². The van der Waals surface area contributed by atoms with Crippen LogP contribution >= 0.6 is 11.6 Å². The van der Waals surface area contributed by atoms with Crippen LogP contribution in [0.2, 0.25) is 5.15 Å². The van der Waals surface area contributed by atoms with Gasteiger partial charge in [-0.05, 0) is 44.9 Å². The van der Waals surface area contributed by atoms with Gasteiger partial charge < -0.3 is 5.32 Å². The molecule has 0 spiro atoms. The molecule has 1 heterocycles. The van der Waals surface area contributed by atoms with Gasteiger partial charge in [-0.15, -0.1) is 0 Å². The third-order valence-corrected chi connectivity index (χ3v) is 4.40. The minimum absolute atomic E-state index is 0.260. The van der Waals surface area contributed by atoms with Gasteiger partial charge in [0.05, 0.1) is 5.69 Å². The highest BCUT2D eigenvalue weighted by molar-refractivity contribution is 6.30. The van der Waals surface area contributed by atoms with Gasteiger partial charge in [0.15, 0.2) is 0 Å². The van der Waals surface area contributed by atoms with Crippen LogP contribution < -0.4 is 5.32 Å². The van der Waals surface area contributed by atoms with E-state index in [2.05, 4.69) is 49.4 Å². The first kappa shape index (κ1) is 16.1. The van der Waals surface area contributed by atoms with E-state index in [0.29, 0.717) is 0 Å². The van der Waals surface area contributed by atoms with Crippen molar-refractivity contribution in [3.05, 3.63) is 51.3 Å². The molecule has 0 fully saturated rings. The molecule has 0 amide bonds. The summed E-state index contributed by atoms with van der Waals surface area (Å²) in [4.78, 5) is 0. The highest BCUT2D eigenvalue weighted by Crippen LogP contribution is 2.27. The van der Waals surface area contributed by atoms with Crippen molar-refractivity contribution in [2.45, 2.75) is 40.2 Å². The summed E-state index contributed by atoms with van der Waals surface area (Å²) in [5, 5.41) is 8.72. The van der Waals surface area contributed by atoms with E-state index in [0.717, 1.165) is 29.4 Å². The number of nitrogens with zero attached hydrogens (tertiary/aromatic N) is 2. The summed E-state index contributed by atoms with van der Waals surface area (Å²) in [5.41, 5.74) is 6.09. The smallest absolute Gasteiger partial charge is 0.130 e. The van der Waals surface area contributed by atoms with Crippen LogP contribution in [0.25, 0.3) is 0 Å². The molecule has 2 aromatic rings. The second kappa shape index (κ2) is 6.63. The van der Waals surface area contributed by atoms with E-state index in [1.54, 1.807) is 4.68 Å². The Hall–Kier alpha value is -1.32. The highest BCUT2D eigenvalue weighted by atomic mass is 35.5. The molecule has 2 rings (SSSR count). The van der Waals surface area contributed by atoms with Crippen molar-refractivity contribution in [2.75, 3.05) is 6.54 Å². The first-order chi connectivity index (χ1) is 9.93. The van der Waals surface area contributed by atoms with E-state index in [1.807, 2.05) is 14.0 Å². The molecule has 4 heteroatoms. The summed E-state index contributed by atoms with van der Waals surface area (Å²) in [7, 11) is 1.89. The van der Waals surface area contributed by atoms with E-state index in [4.69, 9.17) is 11.6 Å². The van der Waals surface area contributed by atoms with Gasteiger partial charge in [-0.2, -0.15) is 5.10 Å². The Balaban J connectivity index is 2.35. The molecule has 0 aliphatic heterocycles. The fraction of sp³-hybridized carbons (Fsp3) is 0.471. The largest absolute Gasteiger partial charge is 0.310 e. The summed E-state index contributed by atoms with van der Waals surface area (Å²) in [5.74, 6) is 0. The minimum Gasteiger partial charge on any atom is -0.310 e. The lowest BCUT2D eigenvalue weighted by atomic mass is 9.94. The summed E-state index contributed by atoms with van der Waals surface area (Å²) >= 11 is 6.38. The van der Waals surface area contributed by atoms with Crippen LogP contribution in [0.5, 0.6) is 0 Å². The third kappa shape index (κ3) is 3.47. The van der Waals surface area contributed by atoms with Gasteiger partial charge in [-0.25, -0.2) is 0 Å². The maximum absolute atomic E-state index is 6.38. The summed E-state index contributed by atoms with van der Waals surface area (Å²) in [6.07, 6.45) is 0.857. The van der Waals surface area contributed by atoms with Crippen molar-refractivity contribution in [1.82, 2.24) is 15.1 Å². The number of aryl methyl sites for hydroxylation is 4. The molecule has 0 aliphatic rings. The normalized spacial score (nSPS) is 12.7. The number of nitrogens with one attached hydrogen (secondary N) is 1. The molecule has 0 bridgehead atoms. The zero-order chi connectivity index (χ0) is 15.6. The maximum Gasteiger partial charge on any atom is 0.130 e. The van der Waals surface area contributed by atoms with Gasteiger partial charge in [0.25, 0.3) is 0 Å². The molecule has 0 saturated heterocycles. The molecule has 0 radical (unpaired) electrons. The molecular weight excluding hydrogens is 282 g/mol. The average molecular weight is 306 g/mol. The van der Waals surface area contributed by atoms with Crippen LogP contribution in [-0.4, -0.2) is 16.3 Å². The van der Waals surface area contributed by atoms with Gasteiger partial charge in [0, 0.05) is 18.7 Å². The average Bonchev–Trinajstić information content (AvgIpc) is 2.65. The Labute approximate surface area is 132 Å². The molecule has 1 N–H and O–H groups in total. The Morgan fingerprint density at radius 3 is 2.52 bits per heavy atom. The number of hydrogen-bond donors (Lipinski definition) is 1. The molecule has 114 valence electrons. The second-order valence-corrected chi connectivity index (χ2v) is 6.01. The summed E-state index contributed by atoms with van der Waals surface area (Å²) in [6, 6.07) is 6.88. The number of benzene rings is 1. The molecule has 1 atom stereocenters. The second-order valence-electron chi connectivity index (χ2n) is 5.65. The predicted molar refractivity (Wildman–Crippen MR) is 89.0 cm³/mol. The van der Waals surface area contributed by atoms with Gasteiger partial charge in [-0.3, -0.25) is 4.68 Å². The standard InChI is InChI=1S/C17H24ClN3/c1-6-19-16(14-8-7-11(2)9-12(14)3)10-15-13(4)20-21(5)17(15)18/h7-9,16,19H,6,10H2,1-5H3. The van der Waals surface area contributed by atoms with Crippen LogP contribution in [-0.2, 0) is 13.5 Å². The Kier molecular flexibility index (Phi) is 5.07. The summed E-state index contributed by atoms with van der Waals surface area (Å²) in [6.45, 7) is 9.38. The minimum atomic E-state index is 0.260. The number of aromatic nitrogens is 2. The monoisotopic (exact) mass is 305 g/mol. The fourth-order valence-corrected chi connectivity index (χ4v) is 3.12. The molecule has 3 nitrogen and oxygen atoms in total. The Morgan fingerprint density at radius 1 is 1.29 bits per heavy atom. The molecule has 21 heavy (non-hydrogen) atoms. The molecule has 1 unspecified atom stereocenters. The molecule has 1 aromatic heterocycles. The molecular formula is C17H24ClN3. The van der Waals surface area contributed by atoms with Crippen molar-refractivity contribution in [3.8, 4) is 0 Å². The Bertz CT molecular complexity index is 631. The zero-order valence-electron chi connectivity index (χ0n) is 13.5. The quantitative estimate of drug-likeness (QED) is 0.908. The van der Waals surface area contributed by atoms with Crippen molar-refractivity contribution in [3.63, 3.8) is 0 Å². The number of hydrogen-bond acceptors (Lipinski definition) is 2. The highest BCUT2D eigenvalue weighted by Gasteiger charge is 2.19. The topological polar surface area (TPSA) is 29.9 Å². The number of halogens is 1. The van der Waals surface area contributed by atoms with E-state index in [9.17, 15) is 0 Å². The predicted octanol–water partition coefficient (Wildman–Crippen LogP) is 3.89. The lowest BCUT2D eigenvalue weighted by molar-refractivity contribution is 0.546. The van der Waals surface area contributed by atoms with Gasteiger partial charge in [0.2, 0.25) is 0 Å². The SMILES string of the molecule is CCNC(Cc1c(C)nn(C)c1Cl)c1ccc(C)cc1C. The van der Waals surface area contributed by atoms with E-state index in [1.165, 1.54) is 16.7 Å². The van der Waals surface area contributed by atoms with Crippen molar-refractivity contribution < 1.29 is 0 Å². The fourth-order valence-electron chi connectivity index (χ4n) is 2.86. The van der Waals surface area contributed by atoms with Gasteiger partial charge in [0.1, 0.15) is 5.15 Å². The number of rotatable bonds is 5.